The summed E-state index contributed by atoms with van der Waals surface area (Å²) in [4.78, 5) is 14.6. The number of nitrogens with one attached hydrogen (secondary N) is 1. The molecule has 0 heterocycles. The van der Waals surface area contributed by atoms with Crippen LogP contribution in [0.1, 0.15) is 49.3 Å². The Balaban J connectivity index is 1.72. The van der Waals surface area contributed by atoms with Gasteiger partial charge in [-0.15, -0.1) is 0 Å². The molecule has 0 aliphatic heterocycles. The van der Waals surface area contributed by atoms with Crippen molar-refractivity contribution in [2.75, 3.05) is 13.6 Å². The fraction of sp³-hybridized carbons (Fsp3) is 0.409. The number of benzene rings is 2. The van der Waals surface area contributed by atoms with Crippen LogP contribution < -0.4 is 5.32 Å². The van der Waals surface area contributed by atoms with E-state index in [1.165, 1.54) is 32.1 Å². The molecule has 1 aliphatic carbocycles. The Bertz CT molecular complexity index is 611. The van der Waals surface area contributed by atoms with E-state index < -0.39 is 0 Å². The summed E-state index contributed by atoms with van der Waals surface area (Å²) in [6, 6.07) is 20.4. The van der Waals surface area contributed by atoms with Gasteiger partial charge in [0.15, 0.2) is 0 Å². The highest BCUT2D eigenvalue weighted by Crippen LogP contribution is 2.28. The second-order valence-corrected chi connectivity index (χ2v) is 7.02. The second kappa shape index (κ2) is 8.70. The molecule has 2 aromatic rings. The van der Waals surface area contributed by atoms with Crippen molar-refractivity contribution in [1.29, 1.82) is 0 Å². The second-order valence-electron chi connectivity index (χ2n) is 7.02. The number of amides is 2. The maximum absolute atomic E-state index is 12.8. The molecule has 3 rings (SSSR count). The maximum Gasteiger partial charge on any atom is 0.317 e. The molecule has 0 radical (unpaired) electrons. The van der Waals surface area contributed by atoms with Gasteiger partial charge in [-0.05, 0) is 29.9 Å². The Hall–Kier alpha value is -2.29. The zero-order chi connectivity index (χ0) is 17.5. The smallest absolute Gasteiger partial charge is 0.317 e. The summed E-state index contributed by atoms with van der Waals surface area (Å²) in [5, 5.41) is 3.16. The normalized spacial score (nSPS) is 15.1. The Labute approximate surface area is 151 Å². The minimum absolute atomic E-state index is 0.00304. The average molecular weight is 336 g/mol. The van der Waals surface area contributed by atoms with E-state index in [-0.39, 0.29) is 12.1 Å². The van der Waals surface area contributed by atoms with Crippen LogP contribution in [0, 0.1) is 5.92 Å². The van der Waals surface area contributed by atoms with Gasteiger partial charge in [0.2, 0.25) is 0 Å². The molecule has 0 bridgehead atoms. The fourth-order valence-electron chi connectivity index (χ4n) is 3.78. The molecule has 2 aromatic carbocycles. The molecule has 0 saturated heterocycles. The molecule has 2 amide bonds. The van der Waals surface area contributed by atoms with E-state index in [0.29, 0.717) is 5.92 Å². The monoisotopic (exact) mass is 336 g/mol. The van der Waals surface area contributed by atoms with Gasteiger partial charge in [0, 0.05) is 13.6 Å². The van der Waals surface area contributed by atoms with Crippen molar-refractivity contribution in [2.45, 2.75) is 38.1 Å². The van der Waals surface area contributed by atoms with Gasteiger partial charge >= 0.3 is 6.03 Å². The number of carbonyl (C=O) groups excluding carboxylic acids is 1. The predicted octanol–water partition coefficient (Wildman–Crippen LogP) is 5.00. The molecule has 0 atom stereocenters. The summed E-state index contributed by atoms with van der Waals surface area (Å²) in [7, 11) is 1.89. The topological polar surface area (TPSA) is 32.3 Å². The lowest BCUT2D eigenvalue weighted by atomic mass is 9.89. The van der Waals surface area contributed by atoms with Crippen molar-refractivity contribution in [3.05, 3.63) is 71.8 Å². The first-order valence-corrected chi connectivity index (χ1v) is 9.36. The number of nitrogens with zero attached hydrogens (tertiary/aromatic N) is 1. The van der Waals surface area contributed by atoms with Crippen LogP contribution in [0.25, 0.3) is 0 Å². The van der Waals surface area contributed by atoms with Gasteiger partial charge in [0.25, 0.3) is 0 Å². The SMILES string of the molecule is CN(C(=O)NCC1CCCCC1)C(c1ccccc1)c1ccccc1. The molecule has 3 heteroatoms. The largest absolute Gasteiger partial charge is 0.338 e. The summed E-state index contributed by atoms with van der Waals surface area (Å²) in [6.07, 6.45) is 6.42. The van der Waals surface area contributed by atoms with E-state index in [1.807, 2.05) is 48.3 Å². The highest BCUT2D eigenvalue weighted by Gasteiger charge is 2.24. The number of hydrogen-bond acceptors (Lipinski definition) is 1. The van der Waals surface area contributed by atoms with Crippen LogP contribution in [-0.2, 0) is 0 Å². The van der Waals surface area contributed by atoms with Crippen LogP contribution in [0.3, 0.4) is 0 Å². The van der Waals surface area contributed by atoms with E-state index in [1.54, 1.807) is 0 Å². The van der Waals surface area contributed by atoms with Crippen LogP contribution in [-0.4, -0.2) is 24.5 Å². The minimum Gasteiger partial charge on any atom is -0.338 e. The highest BCUT2D eigenvalue weighted by molar-refractivity contribution is 5.75. The molecule has 0 aromatic heterocycles. The fourth-order valence-corrected chi connectivity index (χ4v) is 3.78. The third-order valence-electron chi connectivity index (χ3n) is 5.20. The summed E-state index contributed by atoms with van der Waals surface area (Å²) in [5.74, 6) is 0.637. The van der Waals surface area contributed by atoms with Crippen molar-refractivity contribution in [3.8, 4) is 0 Å². The number of urea groups is 1. The summed E-state index contributed by atoms with van der Waals surface area (Å²) in [6.45, 7) is 0.791. The van der Waals surface area contributed by atoms with Gasteiger partial charge in [-0.3, -0.25) is 0 Å². The van der Waals surface area contributed by atoms with Gasteiger partial charge in [-0.2, -0.15) is 0 Å². The average Bonchev–Trinajstić information content (AvgIpc) is 2.69. The third-order valence-corrected chi connectivity index (χ3v) is 5.20. The van der Waals surface area contributed by atoms with Crippen LogP contribution in [0.4, 0.5) is 4.79 Å². The van der Waals surface area contributed by atoms with Crippen molar-refractivity contribution in [2.24, 2.45) is 5.92 Å². The van der Waals surface area contributed by atoms with Gasteiger partial charge < -0.3 is 10.2 Å². The molecule has 1 saturated carbocycles. The Morgan fingerprint density at radius 3 is 2.00 bits per heavy atom. The third kappa shape index (κ3) is 4.62. The molecule has 1 N–H and O–H groups in total. The van der Waals surface area contributed by atoms with Crippen LogP contribution in [0.15, 0.2) is 60.7 Å². The predicted molar refractivity (Wildman–Crippen MR) is 102 cm³/mol. The molecular weight excluding hydrogens is 308 g/mol. The van der Waals surface area contributed by atoms with E-state index in [0.717, 1.165) is 17.7 Å². The quantitative estimate of drug-likeness (QED) is 0.819. The van der Waals surface area contributed by atoms with Crippen LogP contribution in [0.5, 0.6) is 0 Å². The zero-order valence-electron chi connectivity index (χ0n) is 15.0. The Morgan fingerprint density at radius 1 is 0.960 bits per heavy atom. The number of rotatable bonds is 5. The molecule has 0 unspecified atom stereocenters. The van der Waals surface area contributed by atoms with Crippen molar-refractivity contribution >= 4 is 6.03 Å². The summed E-state index contributed by atoms with van der Waals surface area (Å²) < 4.78 is 0. The van der Waals surface area contributed by atoms with Gasteiger partial charge in [0.1, 0.15) is 0 Å². The molecular formula is C22H28N2O. The summed E-state index contributed by atoms with van der Waals surface area (Å²) in [5.41, 5.74) is 2.26. The van der Waals surface area contributed by atoms with Crippen molar-refractivity contribution in [1.82, 2.24) is 10.2 Å². The van der Waals surface area contributed by atoms with E-state index in [4.69, 9.17) is 0 Å². The Kier molecular flexibility index (Phi) is 6.10. The van der Waals surface area contributed by atoms with Crippen LogP contribution >= 0.6 is 0 Å². The lowest BCUT2D eigenvalue weighted by Crippen LogP contribution is -2.42. The minimum atomic E-state index is -0.0752. The molecule has 1 aliphatic rings. The molecule has 0 spiro atoms. The zero-order valence-corrected chi connectivity index (χ0v) is 15.0. The van der Waals surface area contributed by atoms with Gasteiger partial charge in [-0.1, -0.05) is 79.9 Å². The first-order chi connectivity index (χ1) is 12.3. The first kappa shape index (κ1) is 17.5. The van der Waals surface area contributed by atoms with Crippen LogP contribution in [0.2, 0.25) is 0 Å². The molecule has 3 nitrogen and oxygen atoms in total. The van der Waals surface area contributed by atoms with E-state index >= 15 is 0 Å². The first-order valence-electron chi connectivity index (χ1n) is 9.36. The number of hydrogen-bond donors (Lipinski definition) is 1. The highest BCUT2D eigenvalue weighted by atomic mass is 16.2. The van der Waals surface area contributed by atoms with Gasteiger partial charge in [0.05, 0.1) is 6.04 Å². The molecule has 132 valence electrons. The van der Waals surface area contributed by atoms with Gasteiger partial charge in [-0.25, -0.2) is 4.79 Å². The number of carbonyl (C=O) groups is 1. The van der Waals surface area contributed by atoms with Crippen molar-refractivity contribution in [3.63, 3.8) is 0 Å². The van der Waals surface area contributed by atoms with E-state index in [2.05, 4.69) is 29.6 Å². The van der Waals surface area contributed by atoms with E-state index in [9.17, 15) is 4.79 Å². The lowest BCUT2D eigenvalue weighted by Gasteiger charge is -2.30. The van der Waals surface area contributed by atoms with Crippen molar-refractivity contribution < 1.29 is 4.79 Å². The summed E-state index contributed by atoms with van der Waals surface area (Å²) >= 11 is 0. The lowest BCUT2D eigenvalue weighted by molar-refractivity contribution is 0.194. The Morgan fingerprint density at radius 2 is 1.48 bits per heavy atom. The molecule has 1 fully saturated rings. The molecule has 25 heavy (non-hydrogen) atoms. The standard InChI is InChI=1S/C22H28N2O/c1-24(22(25)23-17-18-11-5-2-6-12-18)21(19-13-7-3-8-14-19)20-15-9-4-10-16-20/h3-4,7-10,13-16,18,21H,2,5-6,11-12,17H2,1H3,(H,23,25). The maximum atomic E-state index is 12.8.